The molecule has 2 aromatic carbocycles. The van der Waals surface area contributed by atoms with Crippen LogP contribution in [0.25, 0.3) is 5.70 Å². The van der Waals surface area contributed by atoms with Crippen molar-refractivity contribution < 1.29 is 0 Å². The number of rotatable bonds is 10. The van der Waals surface area contributed by atoms with E-state index in [0.29, 0.717) is 29.2 Å². The topological polar surface area (TPSA) is 75.7 Å². The molecule has 40 heavy (non-hydrogen) atoms. The second kappa shape index (κ2) is 10.3. The van der Waals surface area contributed by atoms with Crippen molar-refractivity contribution in [2.24, 2.45) is 38.2 Å². The Morgan fingerprint density at radius 1 is 1.05 bits per heavy atom. The van der Waals surface area contributed by atoms with Crippen LogP contribution in [0.2, 0.25) is 0 Å². The fraction of sp³-hybridized carbons (Fsp3) is 0.529. The maximum absolute atomic E-state index is 8.13. The lowest BCUT2D eigenvalue weighted by atomic mass is 9.37. The first kappa shape index (κ1) is 27.6. The zero-order valence-corrected chi connectivity index (χ0v) is 25.6. The molecule has 4 aliphatic carbocycles. The Labute approximate surface area is 247 Å². The van der Waals surface area contributed by atoms with Crippen molar-refractivity contribution in [2.75, 3.05) is 13.1 Å². The van der Waals surface area contributed by atoms with Gasteiger partial charge in [-0.3, -0.25) is 5.41 Å². The third kappa shape index (κ3) is 4.33. The average Bonchev–Trinajstić information content (AvgIpc) is 3.25. The Bertz CT molecular complexity index is 1380. The van der Waals surface area contributed by atoms with Gasteiger partial charge in [0.1, 0.15) is 11.7 Å². The summed E-state index contributed by atoms with van der Waals surface area (Å²) in [7, 11) is 0. The van der Waals surface area contributed by atoms with E-state index in [2.05, 4.69) is 82.8 Å². The first-order chi connectivity index (χ1) is 19.2. The lowest BCUT2D eigenvalue weighted by Gasteiger charge is -2.67. The molecule has 2 N–H and O–H groups in total. The van der Waals surface area contributed by atoms with E-state index in [9.17, 15) is 0 Å². The summed E-state index contributed by atoms with van der Waals surface area (Å²) in [6, 6.07) is 16.6. The molecular weight excluding hydrogens is 558 g/mol. The van der Waals surface area contributed by atoms with Crippen LogP contribution in [0.15, 0.2) is 69.7 Å². The molecule has 0 aliphatic heterocycles. The highest BCUT2D eigenvalue weighted by Gasteiger charge is 2.79. The highest BCUT2D eigenvalue weighted by molar-refractivity contribution is 9.10. The highest BCUT2D eigenvalue weighted by atomic mass is 79.9. The zero-order chi connectivity index (χ0) is 28.1. The molecule has 0 amide bonds. The minimum atomic E-state index is 0.112. The average molecular weight is 601 g/mol. The molecule has 0 saturated heterocycles. The van der Waals surface area contributed by atoms with Crippen LogP contribution in [-0.4, -0.2) is 29.7 Å². The van der Waals surface area contributed by atoms with Gasteiger partial charge in [0.25, 0.3) is 0 Å². The smallest absolute Gasteiger partial charge is 0.144 e. The predicted octanol–water partition coefficient (Wildman–Crippen LogP) is 9.26. The fourth-order valence-corrected chi connectivity index (χ4v) is 10.4. The highest BCUT2D eigenvalue weighted by Crippen LogP contribution is 2.88. The number of halogens is 1. The van der Waals surface area contributed by atoms with E-state index in [1.54, 1.807) is 0 Å². The van der Waals surface area contributed by atoms with Gasteiger partial charge in [-0.25, -0.2) is 10.5 Å². The fourth-order valence-electron chi connectivity index (χ4n) is 9.96. The first-order valence-electron chi connectivity index (χ1n) is 15.0. The van der Waals surface area contributed by atoms with Crippen molar-refractivity contribution in [3.05, 3.63) is 76.3 Å². The molecular formula is C34H42BrN5. The number of hydrogen-bond donors (Lipinski definition) is 2. The number of amidine groups is 2. The van der Waals surface area contributed by atoms with E-state index in [-0.39, 0.29) is 5.84 Å². The van der Waals surface area contributed by atoms with Crippen molar-refractivity contribution in [2.45, 2.75) is 71.6 Å². The summed E-state index contributed by atoms with van der Waals surface area (Å²) in [4.78, 5) is 7.61. The second-order valence-electron chi connectivity index (χ2n) is 13.2. The van der Waals surface area contributed by atoms with Gasteiger partial charge in [0.2, 0.25) is 0 Å². The minimum absolute atomic E-state index is 0.112. The van der Waals surface area contributed by atoms with Crippen molar-refractivity contribution in [3.63, 3.8) is 0 Å². The van der Waals surface area contributed by atoms with E-state index in [1.165, 1.54) is 56.9 Å². The molecule has 0 radical (unpaired) electrons. The van der Waals surface area contributed by atoms with Crippen molar-refractivity contribution >= 4 is 33.3 Å². The van der Waals surface area contributed by atoms with Gasteiger partial charge in [0.05, 0.1) is 5.70 Å². The molecule has 3 bridgehead atoms. The van der Waals surface area contributed by atoms with Crippen molar-refractivity contribution in [1.29, 1.82) is 10.9 Å². The molecule has 6 rings (SSSR count). The number of hydrogen-bond acceptors (Lipinski definition) is 3. The Balaban J connectivity index is 1.35. The Morgan fingerprint density at radius 3 is 2.50 bits per heavy atom. The van der Waals surface area contributed by atoms with E-state index in [0.717, 1.165) is 45.5 Å². The summed E-state index contributed by atoms with van der Waals surface area (Å²) >= 11 is 3.60. The molecule has 2 aromatic rings. The van der Waals surface area contributed by atoms with Crippen LogP contribution >= 0.6 is 15.9 Å². The second-order valence-corrected chi connectivity index (χ2v) is 14.1. The van der Waals surface area contributed by atoms with Crippen molar-refractivity contribution in [1.82, 2.24) is 4.90 Å². The summed E-state index contributed by atoms with van der Waals surface area (Å²) in [5.74, 6) is 2.90. The molecule has 5 nitrogen and oxygen atoms in total. The van der Waals surface area contributed by atoms with Gasteiger partial charge in [-0.15, -0.1) is 5.11 Å². The van der Waals surface area contributed by atoms with Crippen LogP contribution in [0.5, 0.6) is 0 Å². The van der Waals surface area contributed by atoms with E-state index >= 15 is 0 Å². The Hall–Kier alpha value is -2.60. The van der Waals surface area contributed by atoms with Gasteiger partial charge in [-0.05, 0) is 104 Å². The summed E-state index contributed by atoms with van der Waals surface area (Å²) in [5.41, 5.74) is 13.0. The van der Waals surface area contributed by atoms with Crippen LogP contribution in [0.4, 0.5) is 0 Å². The van der Waals surface area contributed by atoms with E-state index in [4.69, 9.17) is 15.9 Å². The third-order valence-corrected chi connectivity index (χ3v) is 11.9. The lowest BCUT2D eigenvalue weighted by Crippen LogP contribution is -2.60. The maximum Gasteiger partial charge on any atom is 0.144 e. The van der Waals surface area contributed by atoms with Gasteiger partial charge in [0, 0.05) is 35.1 Å². The molecule has 4 fully saturated rings. The first-order valence-corrected chi connectivity index (χ1v) is 15.8. The van der Waals surface area contributed by atoms with Crippen molar-refractivity contribution in [3.8, 4) is 0 Å². The molecule has 210 valence electrons. The van der Waals surface area contributed by atoms with Gasteiger partial charge >= 0.3 is 0 Å². The van der Waals surface area contributed by atoms with Gasteiger partial charge in [-0.1, -0.05) is 65.8 Å². The SMILES string of the molecule is C=C(N=C(c1ccccc1C)N(CCC(=N)N=N)CCC12CC3CC4CC(CC)(C1)C2(C4)C3)c1cccc(Br)c1. The van der Waals surface area contributed by atoms with E-state index < -0.39 is 0 Å². The molecule has 5 unspecified atom stereocenters. The molecule has 4 saturated carbocycles. The molecule has 4 aliphatic rings. The van der Waals surface area contributed by atoms with Crippen LogP contribution in [0, 0.1) is 45.9 Å². The predicted molar refractivity (Wildman–Crippen MR) is 167 cm³/mol. The third-order valence-electron chi connectivity index (χ3n) is 11.4. The molecule has 0 aromatic heterocycles. The molecule has 1 spiro atoms. The van der Waals surface area contributed by atoms with Gasteiger partial charge in [0.15, 0.2) is 0 Å². The van der Waals surface area contributed by atoms with Gasteiger partial charge in [-0.2, -0.15) is 0 Å². The number of benzene rings is 2. The lowest BCUT2D eigenvalue weighted by molar-refractivity contribution is -0.185. The van der Waals surface area contributed by atoms with Crippen LogP contribution in [0.1, 0.15) is 81.4 Å². The summed E-state index contributed by atoms with van der Waals surface area (Å²) in [6.07, 6.45) is 11.6. The number of aliphatic imine (C=N–C) groups is 1. The number of aryl methyl sites for hydroxylation is 1. The van der Waals surface area contributed by atoms with Crippen LogP contribution in [-0.2, 0) is 0 Å². The quantitative estimate of drug-likeness (QED) is 0.159. The number of nitrogens with one attached hydrogen (secondary N) is 2. The maximum atomic E-state index is 8.13. The van der Waals surface area contributed by atoms with Crippen LogP contribution < -0.4 is 0 Å². The van der Waals surface area contributed by atoms with E-state index in [1.807, 2.05) is 12.1 Å². The number of nitrogens with zero attached hydrogens (tertiary/aromatic N) is 3. The largest absolute Gasteiger partial charge is 0.356 e. The monoisotopic (exact) mass is 599 g/mol. The zero-order valence-electron chi connectivity index (χ0n) is 24.0. The van der Waals surface area contributed by atoms with Crippen LogP contribution in [0.3, 0.4) is 0 Å². The Morgan fingerprint density at radius 2 is 1.80 bits per heavy atom. The standard InChI is InChI=1S/C34H42BrN5/c1-4-32-18-25-16-26-19-33(22-32,34(32,20-25)21-26)13-15-40(14-12-30(36)39-37)31(29-11-6-5-8-23(29)2)38-24(3)27-9-7-10-28(35)17-27/h5-11,17,25-26,36-37H,3-4,12-16,18-22H2,1-2H3. The normalized spacial score (nSPS) is 31.5. The minimum Gasteiger partial charge on any atom is -0.356 e. The summed E-state index contributed by atoms with van der Waals surface area (Å²) in [5, 5.41) is 11.6. The number of fused-ring (bicyclic) bond motifs is 2. The molecule has 6 heteroatoms. The Kier molecular flexibility index (Phi) is 7.13. The molecule has 0 heterocycles. The molecule has 5 atom stereocenters. The summed E-state index contributed by atoms with van der Waals surface area (Å²) < 4.78 is 1.01. The van der Waals surface area contributed by atoms with Gasteiger partial charge < -0.3 is 4.90 Å². The summed E-state index contributed by atoms with van der Waals surface area (Å²) in [6.45, 7) is 10.5.